The molecule has 0 bridgehead atoms. The van der Waals surface area contributed by atoms with Gasteiger partial charge < -0.3 is 10.6 Å². The molecule has 0 aliphatic heterocycles. The van der Waals surface area contributed by atoms with Crippen molar-refractivity contribution in [2.45, 2.75) is 52.0 Å². The third-order valence-corrected chi connectivity index (χ3v) is 4.13. The quantitative estimate of drug-likeness (QED) is 0.867. The van der Waals surface area contributed by atoms with Crippen LogP contribution in [-0.2, 0) is 0 Å². The topological polar surface area (TPSA) is 54.0 Å². The molecule has 1 aromatic rings. The van der Waals surface area contributed by atoms with Gasteiger partial charge in [0.25, 0.3) is 5.91 Å². The fourth-order valence-corrected chi connectivity index (χ4v) is 2.98. The second-order valence-electron chi connectivity index (χ2n) is 5.56. The third kappa shape index (κ3) is 3.71. The molecule has 0 radical (unpaired) electrons. The van der Waals surface area contributed by atoms with E-state index >= 15 is 0 Å². The molecule has 2 N–H and O–H groups in total. The Labute approximate surface area is 121 Å². The van der Waals surface area contributed by atoms with Crippen LogP contribution in [0.15, 0.2) is 18.5 Å². The van der Waals surface area contributed by atoms with Crippen molar-refractivity contribution in [1.82, 2.24) is 10.3 Å². The number of hydrogen-bond donors (Lipinski definition) is 2. The van der Waals surface area contributed by atoms with Crippen molar-refractivity contribution in [3.63, 3.8) is 0 Å². The molecular formula is C16H25N3O. The number of aromatic nitrogens is 1. The predicted molar refractivity (Wildman–Crippen MR) is 81.9 cm³/mol. The molecule has 1 aliphatic carbocycles. The van der Waals surface area contributed by atoms with Gasteiger partial charge in [0.1, 0.15) is 0 Å². The molecule has 2 atom stereocenters. The number of nitrogens with zero attached hydrogens (tertiary/aromatic N) is 1. The Bertz CT molecular complexity index is 447. The summed E-state index contributed by atoms with van der Waals surface area (Å²) in [5, 5.41) is 6.38. The maximum absolute atomic E-state index is 12.4. The molecule has 1 aromatic heterocycles. The third-order valence-electron chi connectivity index (χ3n) is 4.13. The van der Waals surface area contributed by atoms with Gasteiger partial charge in [0.15, 0.2) is 0 Å². The summed E-state index contributed by atoms with van der Waals surface area (Å²) in [5.74, 6) is 0.782. The number of nitrogens with one attached hydrogen (secondary N) is 2. The molecule has 2 unspecified atom stereocenters. The first-order valence-electron chi connectivity index (χ1n) is 7.73. The number of rotatable bonds is 5. The van der Waals surface area contributed by atoms with Crippen LogP contribution in [0.2, 0.25) is 0 Å². The van der Waals surface area contributed by atoms with Gasteiger partial charge in [-0.1, -0.05) is 26.2 Å². The van der Waals surface area contributed by atoms with Crippen molar-refractivity contribution in [3.8, 4) is 0 Å². The highest BCUT2D eigenvalue weighted by Gasteiger charge is 2.23. The molecule has 4 heteroatoms. The maximum atomic E-state index is 12.4. The van der Waals surface area contributed by atoms with Crippen LogP contribution in [0, 0.1) is 5.92 Å². The van der Waals surface area contributed by atoms with Crippen LogP contribution in [0.1, 0.15) is 56.3 Å². The zero-order chi connectivity index (χ0) is 14.4. The van der Waals surface area contributed by atoms with E-state index in [1.807, 2.05) is 6.92 Å². The van der Waals surface area contributed by atoms with Gasteiger partial charge in [0, 0.05) is 18.8 Å². The Morgan fingerprint density at radius 3 is 3.00 bits per heavy atom. The molecule has 0 spiro atoms. The average Bonchev–Trinajstić information content (AvgIpc) is 2.48. The summed E-state index contributed by atoms with van der Waals surface area (Å²) in [5.41, 5.74) is 1.51. The number of hydrogen-bond acceptors (Lipinski definition) is 3. The summed E-state index contributed by atoms with van der Waals surface area (Å²) in [6, 6.07) is 2.11. The van der Waals surface area contributed by atoms with Gasteiger partial charge in [-0.2, -0.15) is 0 Å². The van der Waals surface area contributed by atoms with Gasteiger partial charge in [0.05, 0.1) is 17.4 Å². The lowest BCUT2D eigenvalue weighted by molar-refractivity contribution is 0.0920. The van der Waals surface area contributed by atoms with Crippen molar-refractivity contribution >= 4 is 11.6 Å². The Kier molecular flexibility index (Phi) is 5.39. The highest BCUT2D eigenvalue weighted by atomic mass is 16.1. The second-order valence-corrected chi connectivity index (χ2v) is 5.56. The summed E-state index contributed by atoms with van der Waals surface area (Å²) in [6.07, 6.45) is 9.35. The molecule has 1 saturated carbocycles. The van der Waals surface area contributed by atoms with Crippen molar-refractivity contribution in [1.29, 1.82) is 0 Å². The van der Waals surface area contributed by atoms with E-state index in [0.29, 0.717) is 11.6 Å². The summed E-state index contributed by atoms with van der Waals surface area (Å²) in [4.78, 5) is 16.5. The summed E-state index contributed by atoms with van der Waals surface area (Å²) < 4.78 is 0. The van der Waals surface area contributed by atoms with Crippen molar-refractivity contribution in [3.05, 3.63) is 24.0 Å². The Morgan fingerprint density at radius 2 is 2.25 bits per heavy atom. The number of pyridine rings is 1. The van der Waals surface area contributed by atoms with Crippen LogP contribution in [0.4, 0.5) is 5.69 Å². The monoisotopic (exact) mass is 275 g/mol. The van der Waals surface area contributed by atoms with Crippen LogP contribution in [-0.4, -0.2) is 23.5 Å². The molecule has 2 rings (SSSR count). The first-order valence-corrected chi connectivity index (χ1v) is 7.73. The Hall–Kier alpha value is -1.58. The van der Waals surface area contributed by atoms with E-state index in [-0.39, 0.29) is 5.91 Å². The minimum absolute atomic E-state index is 0.0186. The van der Waals surface area contributed by atoms with Crippen LogP contribution in [0.5, 0.6) is 0 Å². The Morgan fingerprint density at radius 1 is 1.40 bits per heavy atom. The fourth-order valence-electron chi connectivity index (χ4n) is 2.98. The van der Waals surface area contributed by atoms with Crippen molar-refractivity contribution in [2.24, 2.45) is 5.92 Å². The van der Waals surface area contributed by atoms with Crippen LogP contribution in [0.3, 0.4) is 0 Å². The lowest BCUT2D eigenvalue weighted by Crippen LogP contribution is -2.38. The SMILES string of the molecule is CCNc1cnccc1C(=O)NC1CCCC(CC)C1. The van der Waals surface area contributed by atoms with Gasteiger partial charge in [-0.15, -0.1) is 0 Å². The normalized spacial score (nSPS) is 22.3. The number of carbonyl (C=O) groups excluding carboxylic acids is 1. The van der Waals surface area contributed by atoms with Gasteiger partial charge in [-0.3, -0.25) is 9.78 Å². The van der Waals surface area contributed by atoms with Gasteiger partial charge >= 0.3 is 0 Å². The van der Waals surface area contributed by atoms with E-state index in [9.17, 15) is 4.79 Å². The largest absolute Gasteiger partial charge is 0.383 e. The molecule has 1 heterocycles. The van der Waals surface area contributed by atoms with Gasteiger partial charge in [0.2, 0.25) is 0 Å². The summed E-state index contributed by atoms with van der Waals surface area (Å²) in [7, 11) is 0. The molecule has 1 aliphatic rings. The molecule has 1 amide bonds. The van der Waals surface area contributed by atoms with E-state index in [0.717, 1.165) is 31.0 Å². The standard InChI is InChI=1S/C16H25N3O/c1-3-12-6-5-7-13(10-12)19-16(20)14-8-9-17-11-15(14)18-4-2/h8-9,11-13,18H,3-7,10H2,1-2H3,(H,19,20). The predicted octanol–water partition coefficient (Wildman–Crippen LogP) is 3.21. The van der Waals surface area contributed by atoms with Crippen molar-refractivity contribution in [2.75, 3.05) is 11.9 Å². The van der Waals surface area contributed by atoms with Crippen LogP contribution >= 0.6 is 0 Å². The Balaban J connectivity index is 2.01. The zero-order valence-electron chi connectivity index (χ0n) is 12.5. The highest BCUT2D eigenvalue weighted by molar-refractivity contribution is 5.99. The minimum Gasteiger partial charge on any atom is -0.383 e. The number of anilines is 1. The van der Waals surface area contributed by atoms with Crippen LogP contribution in [0.25, 0.3) is 0 Å². The first-order chi connectivity index (χ1) is 9.74. The molecule has 110 valence electrons. The minimum atomic E-state index is 0.0186. The zero-order valence-corrected chi connectivity index (χ0v) is 12.5. The van der Waals surface area contributed by atoms with E-state index in [2.05, 4.69) is 22.5 Å². The molecule has 0 saturated heterocycles. The smallest absolute Gasteiger partial charge is 0.253 e. The fraction of sp³-hybridized carbons (Fsp3) is 0.625. The first kappa shape index (κ1) is 14.8. The molecule has 20 heavy (non-hydrogen) atoms. The lowest BCUT2D eigenvalue weighted by Gasteiger charge is -2.29. The summed E-state index contributed by atoms with van der Waals surface area (Å²) >= 11 is 0. The van der Waals surface area contributed by atoms with E-state index in [1.165, 1.54) is 19.3 Å². The van der Waals surface area contributed by atoms with Crippen molar-refractivity contribution < 1.29 is 4.79 Å². The van der Waals surface area contributed by atoms with Gasteiger partial charge in [-0.25, -0.2) is 0 Å². The molecular weight excluding hydrogens is 250 g/mol. The van der Waals surface area contributed by atoms with Crippen LogP contribution < -0.4 is 10.6 Å². The van der Waals surface area contributed by atoms with E-state index < -0.39 is 0 Å². The maximum Gasteiger partial charge on any atom is 0.253 e. The van der Waals surface area contributed by atoms with E-state index in [4.69, 9.17) is 0 Å². The molecule has 4 nitrogen and oxygen atoms in total. The number of amides is 1. The number of carbonyl (C=O) groups is 1. The molecule has 0 aromatic carbocycles. The summed E-state index contributed by atoms with van der Waals surface area (Å²) in [6.45, 7) is 5.04. The lowest BCUT2D eigenvalue weighted by atomic mass is 9.84. The highest BCUT2D eigenvalue weighted by Crippen LogP contribution is 2.27. The van der Waals surface area contributed by atoms with E-state index in [1.54, 1.807) is 18.5 Å². The molecule has 1 fully saturated rings. The van der Waals surface area contributed by atoms with Gasteiger partial charge in [-0.05, 0) is 31.7 Å². The average molecular weight is 275 g/mol. The second kappa shape index (κ2) is 7.27.